The predicted octanol–water partition coefficient (Wildman–Crippen LogP) is 4.55. The SMILES string of the molecule is CN1CCN(c2ccc3c(C(=O)C(NCCc4ccc(C#N)cc4)c4ccccc4)cn(C(=O)O)c3c2)CC1. The number of nitrogens with zero attached hydrogens (tertiary/aromatic N) is 4. The molecule has 0 aliphatic carbocycles. The molecule has 1 aliphatic rings. The summed E-state index contributed by atoms with van der Waals surface area (Å²) in [4.78, 5) is 30.7. The molecule has 8 nitrogen and oxygen atoms in total. The zero-order valence-electron chi connectivity index (χ0n) is 21.9. The Balaban J connectivity index is 1.44. The number of nitrogens with one attached hydrogen (secondary N) is 1. The van der Waals surface area contributed by atoms with Crippen molar-refractivity contribution < 1.29 is 14.7 Å². The van der Waals surface area contributed by atoms with E-state index in [1.807, 2.05) is 60.7 Å². The number of nitriles is 1. The fraction of sp³-hybridized carbons (Fsp3) is 0.258. The molecular weight excluding hydrogens is 490 g/mol. The van der Waals surface area contributed by atoms with E-state index in [0.29, 0.717) is 35.0 Å². The highest BCUT2D eigenvalue weighted by molar-refractivity contribution is 6.12. The second kappa shape index (κ2) is 11.5. The summed E-state index contributed by atoms with van der Waals surface area (Å²) in [6.07, 6.45) is 0.995. The molecule has 1 aromatic heterocycles. The Morgan fingerprint density at radius 2 is 1.72 bits per heavy atom. The Morgan fingerprint density at radius 3 is 2.38 bits per heavy atom. The molecule has 1 fully saturated rings. The number of hydrogen-bond donors (Lipinski definition) is 2. The first-order valence-electron chi connectivity index (χ1n) is 13.1. The molecule has 1 atom stereocenters. The quantitative estimate of drug-likeness (QED) is 0.328. The predicted molar refractivity (Wildman–Crippen MR) is 151 cm³/mol. The van der Waals surface area contributed by atoms with Crippen LogP contribution in [-0.2, 0) is 6.42 Å². The van der Waals surface area contributed by atoms with E-state index < -0.39 is 12.1 Å². The van der Waals surface area contributed by atoms with Crippen molar-refractivity contribution in [2.75, 3.05) is 44.7 Å². The number of carboxylic acid groups (broad SMARTS) is 1. The van der Waals surface area contributed by atoms with E-state index >= 15 is 0 Å². The minimum atomic E-state index is -1.13. The Labute approximate surface area is 227 Å². The van der Waals surface area contributed by atoms with E-state index in [2.05, 4.69) is 28.2 Å². The lowest BCUT2D eigenvalue weighted by atomic mass is 9.96. The van der Waals surface area contributed by atoms with Gasteiger partial charge >= 0.3 is 6.09 Å². The van der Waals surface area contributed by atoms with E-state index in [1.54, 1.807) is 12.1 Å². The average molecular weight is 522 g/mol. The Bertz CT molecular complexity index is 1510. The van der Waals surface area contributed by atoms with E-state index in [4.69, 9.17) is 5.26 Å². The first-order valence-corrected chi connectivity index (χ1v) is 13.1. The number of anilines is 1. The number of aromatic nitrogens is 1. The number of hydrogen-bond acceptors (Lipinski definition) is 6. The maximum atomic E-state index is 14.0. The second-order valence-corrected chi connectivity index (χ2v) is 9.91. The first-order chi connectivity index (χ1) is 18.9. The largest absolute Gasteiger partial charge is 0.464 e. The van der Waals surface area contributed by atoms with E-state index in [9.17, 15) is 14.7 Å². The molecule has 1 aliphatic heterocycles. The molecule has 0 radical (unpaired) electrons. The summed E-state index contributed by atoms with van der Waals surface area (Å²) in [6, 6.07) is 24.1. The molecule has 4 aromatic rings. The van der Waals surface area contributed by atoms with E-state index in [-0.39, 0.29) is 5.78 Å². The van der Waals surface area contributed by atoms with Gasteiger partial charge in [0.15, 0.2) is 5.78 Å². The summed E-state index contributed by atoms with van der Waals surface area (Å²) in [5.74, 6) is -0.182. The summed E-state index contributed by atoms with van der Waals surface area (Å²) < 4.78 is 1.15. The van der Waals surface area contributed by atoms with Gasteiger partial charge in [-0.15, -0.1) is 0 Å². The molecule has 1 unspecified atom stereocenters. The van der Waals surface area contributed by atoms with Crippen molar-refractivity contribution in [2.24, 2.45) is 0 Å². The zero-order chi connectivity index (χ0) is 27.4. The lowest BCUT2D eigenvalue weighted by molar-refractivity contribution is 0.0945. The standard InChI is InChI=1S/C31H31N5O3/c1-34-15-17-35(18-16-34)25-11-12-26-27(21-36(31(38)39)28(26)19-25)30(37)29(24-5-3-2-4-6-24)33-14-13-22-7-9-23(20-32)10-8-22/h2-12,19,21,29,33H,13-18H2,1H3,(H,38,39). The lowest BCUT2D eigenvalue weighted by Gasteiger charge is -2.34. The van der Waals surface area contributed by atoms with Gasteiger partial charge in [-0.25, -0.2) is 4.79 Å². The third-order valence-electron chi connectivity index (χ3n) is 7.37. The van der Waals surface area contributed by atoms with Gasteiger partial charge in [-0.2, -0.15) is 5.26 Å². The van der Waals surface area contributed by atoms with Crippen molar-refractivity contribution in [1.29, 1.82) is 5.26 Å². The highest BCUT2D eigenvalue weighted by Gasteiger charge is 2.27. The molecule has 2 heterocycles. The third kappa shape index (κ3) is 5.70. The molecule has 0 saturated carbocycles. The highest BCUT2D eigenvalue weighted by Crippen LogP contribution is 2.30. The number of carbonyl (C=O) groups is 2. The van der Waals surface area contributed by atoms with Crippen molar-refractivity contribution in [1.82, 2.24) is 14.8 Å². The smallest absolute Gasteiger partial charge is 0.416 e. The number of benzene rings is 3. The van der Waals surface area contributed by atoms with Crippen LogP contribution in [0.5, 0.6) is 0 Å². The second-order valence-electron chi connectivity index (χ2n) is 9.91. The van der Waals surface area contributed by atoms with Crippen LogP contribution < -0.4 is 10.2 Å². The van der Waals surface area contributed by atoms with Gasteiger partial charge in [-0.05, 0) is 48.9 Å². The molecule has 198 valence electrons. The normalized spacial score (nSPS) is 14.7. The van der Waals surface area contributed by atoms with Crippen LogP contribution in [0.25, 0.3) is 10.9 Å². The molecule has 5 rings (SSSR count). The summed E-state index contributed by atoms with van der Waals surface area (Å²) in [5, 5.41) is 23.0. The van der Waals surface area contributed by atoms with Crippen LogP contribution in [0.2, 0.25) is 0 Å². The fourth-order valence-electron chi connectivity index (χ4n) is 5.10. The number of rotatable bonds is 8. The lowest BCUT2D eigenvalue weighted by Crippen LogP contribution is -2.44. The molecule has 39 heavy (non-hydrogen) atoms. The van der Waals surface area contributed by atoms with Crippen LogP contribution in [0.15, 0.2) is 79.0 Å². The molecule has 3 aromatic carbocycles. The van der Waals surface area contributed by atoms with Crippen molar-refractivity contribution in [3.05, 3.63) is 101 Å². The average Bonchev–Trinajstić information content (AvgIpc) is 3.35. The minimum absolute atomic E-state index is 0.182. The minimum Gasteiger partial charge on any atom is -0.464 e. The Hall–Kier alpha value is -4.45. The van der Waals surface area contributed by atoms with Gasteiger partial charge in [-0.3, -0.25) is 9.36 Å². The number of piperazine rings is 1. The van der Waals surface area contributed by atoms with E-state index in [0.717, 1.165) is 47.6 Å². The summed E-state index contributed by atoms with van der Waals surface area (Å²) in [6.45, 7) is 4.13. The Kier molecular flexibility index (Phi) is 7.73. The molecule has 0 bridgehead atoms. The van der Waals surface area contributed by atoms with Gasteiger partial charge in [0.2, 0.25) is 0 Å². The van der Waals surface area contributed by atoms with Crippen molar-refractivity contribution >= 4 is 28.5 Å². The molecule has 0 amide bonds. The third-order valence-corrected chi connectivity index (χ3v) is 7.37. The molecule has 8 heteroatoms. The zero-order valence-corrected chi connectivity index (χ0v) is 21.9. The van der Waals surface area contributed by atoms with Gasteiger partial charge < -0.3 is 20.2 Å². The van der Waals surface area contributed by atoms with Crippen LogP contribution >= 0.6 is 0 Å². The van der Waals surface area contributed by atoms with E-state index in [1.165, 1.54) is 6.20 Å². The molecule has 0 spiro atoms. The highest BCUT2D eigenvalue weighted by atomic mass is 16.4. The van der Waals surface area contributed by atoms with Crippen LogP contribution in [0.1, 0.15) is 33.1 Å². The van der Waals surface area contributed by atoms with Crippen molar-refractivity contribution in [3.63, 3.8) is 0 Å². The number of fused-ring (bicyclic) bond motifs is 1. The number of likely N-dealkylation sites (N-methyl/N-ethyl adjacent to an activating group) is 1. The van der Waals surface area contributed by atoms with Crippen LogP contribution in [0.3, 0.4) is 0 Å². The Morgan fingerprint density at radius 1 is 1.00 bits per heavy atom. The van der Waals surface area contributed by atoms with Crippen molar-refractivity contribution in [2.45, 2.75) is 12.5 Å². The monoisotopic (exact) mass is 521 g/mol. The van der Waals surface area contributed by atoms with Crippen LogP contribution in [-0.4, -0.2) is 66.2 Å². The summed E-state index contributed by atoms with van der Waals surface area (Å²) in [5.41, 5.74) is 4.31. The summed E-state index contributed by atoms with van der Waals surface area (Å²) in [7, 11) is 2.09. The van der Waals surface area contributed by atoms with Gasteiger partial charge in [0, 0.05) is 55.6 Å². The number of carbonyl (C=O) groups excluding carboxylic acids is 1. The van der Waals surface area contributed by atoms with Gasteiger partial charge in [0.05, 0.1) is 23.2 Å². The molecule has 2 N–H and O–H groups in total. The maximum Gasteiger partial charge on any atom is 0.416 e. The van der Waals surface area contributed by atoms with Gasteiger partial charge in [-0.1, -0.05) is 48.5 Å². The summed E-state index contributed by atoms with van der Waals surface area (Å²) >= 11 is 0. The first kappa shape index (κ1) is 26.2. The topological polar surface area (TPSA) is 102 Å². The molecular formula is C31H31N5O3. The number of ketones is 1. The van der Waals surface area contributed by atoms with Crippen molar-refractivity contribution in [3.8, 4) is 6.07 Å². The van der Waals surface area contributed by atoms with Gasteiger partial charge in [0.25, 0.3) is 0 Å². The molecule has 1 saturated heterocycles. The number of Topliss-reactive ketones (excluding diaryl/α,β-unsaturated/α-hetero) is 1. The fourth-order valence-corrected chi connectivity index (χ4v) is 5.10. The van der Waals surface area contributed by atoms with Gasteiger partial charge in [0.1, 0.15) is 0 Å². The van der Waals surface area contributed by atoms with Crippen LogP contribution in [0, 0.1) is 11.3 Å². The maximum absolute atomic E-state index is 14.0. The van der Waals surface area contributed by atoms with Crippen LogP contribution in [0.4, 0.5) is 10.5 Å².